The van der Waals surface area contributed by atoms with Crippen LogP contribution in [0, 0.1) is 0 Å². The van der Waals surface area contributed by atoms with Crippen molar-refractivity contribution in [3.8, 4) is 0 Å². The van der Waals surface area contributed by atoms with Crippen molar-refractivity contribution in [1.82, 2.24) is 15.2 Å². The molecule has 0 radical (unpaired) electrons. The maximum atomic E-state index is 12.0. The number of aromatic nitrogens is 1. The normalized spacial score (nSPS) is 10.5. The van der Waals surface area contributed by atoms with E-state index < -0.39 is 5.91 Å². The molecule has 3 aromatic heterocycles. The summed E-state index contributed by atoms with van der Waals surface area (Å²) in [4.78, 5) is 35.4. The van der Waals surface area contributed by atoms with Crippen LogP contribution in [0.2, 0.25) is 0 Å². The number of carbonyl (C=O) groups excluding carboxylic acids is 2. The van der Waals surface area contributed by atoms with Crippen molar-refractivity contribution in [3.05, 3.63) is 82.6 Å². The van der Waals surface area contributed by atoms with Gasteiger partial charge in [0.15, 0.2) is 11.5 Å². The third kappa shape index (κ3) is 4.29. The van der Waals surface area contributed by atoms with Gasteiger partial charge in [-0.3, -0.25) is 14.4 Å². The van der Waals surface area contributed by atoms with Gasteiger partial charge >= 0.3 is 0 Å². The lowest BCUT2D eigenvalue weighted by atomic mass is 10.4. The highest BCUT2D eigenvalue weighted by atomic mass is 16.4. The smallest absolute Gasteiger partial charge is 0.287 e. The largest absolute Gasteiger partial charge is 0.459 e. The summed E-state index contributed by atoms with van der Waals surface area (Å²) < 4.78 is 11.9. The Morgan fingerprint density at radius 3 is 2.38 bits per heavy atom. The number of amides is 2. The van der Waals surface area contributed by atoms with Crippen LogP contribution in [0.1, 0.15) is 26.9 Å². The molecule has 134 valence electrons. The Labute approximate surface area is 148 Å². The summed E-state index contributed by atoms with van der Waals surface area (Å²) >= 11 is 0. The molecule has 3 heterocycles. The van der Waals surface area contributed by atoms with E-state index in [0.717, 1.165) is 0 Å². The summed E-state index contributed by atoms with van der Waals surface area (Å²) in [5, 5.41) is 5.26. The molecule has 2 amide bonds. The minimum absolute atomic E-state index is 0.140. The summed E-state index contributed by atoms with van der Waals surface area (Å²) in [5.41, 5.74) is -0.151. The van der Waals surface area contributed by atoms with Crippen molar-refractivity contribution in [2.45, 2.75) is 6.54 Å². The maximum absolute atomic E-state index is 12.0. The Bertz CT molecular complexity index is 940. The number of pyridine rings is 1. The van der Waals surface area contributed by atoms with Crippen LogP contribution in [0.3, 0.4) is 0 Å². The molecule has 0 aliphatic rings. The zero-order valence-corrected chi connectivity index (χ0v) is 13.8. The molecule has 0 aromatic carbocycles. The second-order valence-corrected chi connectivity index (χ2v) is 5.42. The third-order valence-electron chi connectivity index (χ3n) is 3.55. The summed E-state index contributed by atoms with van der Waals surface area (Å²) in [6.45, 7) is 0.726. The number of furan rings is 2. The molecule has 0 unspecified atom stereocenters. The molecular weight excluding hydrogens is 338 g/mol. The maximum Gasteiger partial charge on any atom is 0.287 e. The first-order chi connectivity index (χ1) is 12.6. The van der Waals surface area contributed by atoms with Crippen LogP contribution in [-0.2, 0) is 6.54 Å². The lowest BCUT2D eigenvalue weighted by molar-refractivity contribution is 0.0899. The Morgan fingerprint density at radius 2 is 1.69 bits per heavy atom. The molecule has 0 bridgehead atoms. The van der Waals surface area contributed by atoms with Gasteiger partial charge in [-0.05, 0) is 30.3 Å². The van der Waals surface area contributed by atoms with E-state index in [1.165, 1.54) is 16.9 Å². The molecule has 3 aromatic rings. The van der Waals surface area contributed by atoms with Crippen LogP contribution >= 0.6 is 0 Å². The van der Waals surface area contributed by atoms with E-state index in [1.54, 1.807) is 42.6 Å². The number of rotatable bonds is 7. The van der Waals surface area contributed by atoms with Gasteiger partial charge in [0, 0.05) is 25.4 Å². The zero-order valence-electron chi connectivity index (χ0n) is 13.8. The standard InChI is InChI=1S/C18H17N3O5/c22-16-5-1-2-10-21(16)12-13-6-7-15(26-13)18(24)20-9-8-19-17(23)14-4-3-11-25-14/h1-7,10-11H,8-9,12H2,(H,19,23)(H,20,24). The molecule has 0 saturated heterocycles. The lowest BCUT2D eigenvalue weighted by Crippen LogP contribution is -2.34. The van der Waals surface area contributed by atoms with E-state index in [-0.39, 0.29) is 42.6 Å². The van der Waals surface area contributed by atoms with E-state index in [2.05, 4.69) is 10.6 Å². The van der Waals surface area contributed by atoms with Crippen LogP contribution in [0.25, 0.3) is 0 Å². The summed E-state index contributed by atoms with van der Waals surface area (Å²) in [6.07, 6.45) is 3.06. The van der Waals surface area contributed by atoms with Crippen molar-refractivity contribution in [2.75, 3.05) is 13.1 Å². The average molecular weight is 355 g/mol. The molecule has 0 fully saturated rings. The van der Waals surface area contributed by atoms with Crippen molar-refractivity contribution in [2.24, 2.45) is 0 Å². The first kappa shape index (κ1) is 17.3. The van der Waals surface area contributed by atoms with Crippen molar-refractivity contribution in [3.63, 3.8) is 0 Å². The second kappa shape index (κ2) is 8.02. The number of nitrogens with one attached hydrogen (secondary N) is 2. The quantitative estimate of drug-likeness (QED) is 0.620. The number of hydrogen-bond donors (Lipinski definition) is 2. The SMILES string of the molecule is O=C(NCCNC(=O)c1ccc(Cn2ccccc2=O)o1)c1ccco1. The molecule has 0 spiro atoms. The van der Waals surface area contributed by atoms with Crippen LogP contribution in [0.4, 0.5) is 0 Å². The second-order valence-electron chi connectivity index (χ2n) is 5.42. The fraction of sp³-hybridized carbons (Fsp3) is 0.167. The molecule has 0 aliphatic heterocycles. The molecule has 0 aliphatic carbocycles. The highest BCUT2D eigenvalue weighted by Crippen LogP contribution is 2.08. The van der Waals surface area contributed by atoms with Gasteiger partial charge in [-0.25, -0.2) is 0 Å². The number of nitrogens with zero attached hydrogens (tertiary/aromatic N) is 1. The van der Waals surface area contributed by atoms with Gasteiger partial charge in [0.1, 0.15) is 5.76 Å². The highest BCUT2D eigenvalue weighted by Gasteiger charge is 2.12. The van der Waals surface area contributed by atoms with E-state index in [0.29, 0.717) is 5.76 Å². The Hall–Kier alpha value is -3.55. The Balaban J connectivity index is 1.47. The summed E-state index contributed by atoms with van der Waals surface area (Å²) in [5.74, 6) is 0.0980. The molecule has 2 N–H and O–H groups in total. The predicted molar refractivity (Wildman–Crippen MR) is 91.9 cm³/mol. The van der Waals surface area contributed by atoms with E-state index in [4.69, 9.17) is 8.83 Å². The van der Waals surface area contributed by atoms with Crippen LogP contribution < -0.4 is 16.2 Å². The van der Waals surface area contributed by atoms with E-state index >= 15 is 0 Å². The van der Waals surface area contributed by atoms with Gasteiger partial charge in [0.05, 0.1) is 12.8 Å². The molecule has 8 nitrogen and oxygen atoms in total. The van der Waals surface area contributed by atoms with Crippen LogP contribution in [0.15, 0.2) is 68.6 Å². The van der Waals surface area contributed by atoms with Crippen molar-refractivity contribution < 1.29 is 18.4 Å². The molecule has 0 saturated carbocycles. The Morgan fingerprint density at radius 1 is 0.923 bits per heavy atom. The molecule has 8 heteroatoms. The van der Waals surface area contributed by atoms with Gasteiger partial charge in [0.2, 0.25) is 0 Å². The topological polar surface area (TPSA) is 106 Å². The van der Waals surface area contributed by atoms with Gasteiger partial charge in [-0.2, -0.15) is 0 Å². The highest BCUT2D eigenvalue weighted by molar-refractivity contribution is 5.92. The first-order valence-electron chi connectivity index (χ1n) is 7.97. The summed E-state index contributed by atoms with van der Waals surface area (Å²) in [7, 11) is 0. The van der Waals surface area contributed by atoms with Gasteiger partial charge < -0.3 is 24.0 Å². The van der Waals surface area contributed by atoms with Gasteiger partial charge in [0.25, 0.3) is 17.4 Å². The molecule has 26 heavy (non-hydrogen) atoms. The monoisotopic (exact) mass is 355 g/mol. The van der Waals surface area contributed by atoms with E-state index in [1.807, 2.05) is 0 Å². The van der Waals surface area contributed by atoms with E-state index in [9.17, 15) is 14.4 Å². The van der Waals surface area contributed by atoms with Crippen molar-refractivity contribution >= 4 is 11.8 Å². The molecular formula is C18H17N3O5. The van der Waals surface area contributed by atoms with Gasteiger partial charge in [-0.15, -0.1) is 0 Å². The minimum Gasteiger partial charge on any atom is -0.459 e. The summed E-state index contributed by atoms with van der Waals surface area (Å²) in [6, 6.07) is 11.2. The number of carbonyl (C=O) groups is 2. The molecule has 3 rings (SSSR count). The Kier molecular flexibility index (Phi) is 5.33. The predicted octanol–water partition coefficient (Wildman–Crippen LogP) is 1.24. The van der Waals surface area contributed by atoms with Crippen LogP contribution in [-0.4, -0.2) is 29.5 Å². The lowest BCUT2D eigenvalue weighted by Gasteiger charge is -2.05. The van der Waals surface area contributed by atoms with Crippen molar-refractivity contribution in [1.29, 1.82) is 0 Å². The first-order valence-corrected chi connectivity index (χ1v) is 7.97. The molecule has 0 atom stereocenters. The minimum atomic E-state index is -0.399. The fourth-order valence-corrected chi connectivity index (χ4v) is 2.28. The van der Waals surface area contributed by atoms with Gasteiger partial charge in [-0.1, -0.05) is 6.07 Å². The number of hydrogen-bond acceptors (Lipinski definition) is 5. The fourth-order valence-electron chi connectivity index (χ4n) is 2.28. The third-order valence-corrected chi connectivity index (χ3v) is 3.55. The average Bonchev–Trinajstić information content (AvgIpc) is 3.32. The van der Waals surface area contributed by atoms with Crippen LogP contribution in [0.5, 0.6) is 0 Å². The zero-order chi connectivity index (χ0) is 18.4.